The Morgan fingerprint density at radius 1 is 1.09 bits per heavy atom. The molecule has 2 nitrogen and oxygen atoms in total. The van der Waals surface area contributed by atoms with Gasteiger partial charge in [-0.1, -0.05) is 46.3 Å². The minimum Gasteiger partial charge on any atom is -0.292 e. The number of amides is 1. The van der Waals surface area contributed by atoms with Crippen molar-refractivity contribution in [3.8, 4) is 0 Å². The number of rotatable bonds is 2. The van der Waals surface area contributed by atoms with Gasteiger partial charge in [-0.15, -0.1) is 11.8 Å². The zero-order valence-electron chi connectivity index (χ0n) is 12.9. The Bertz CT molecular complexity index is 708. The number of aryl methyl sites for hydroxylation is 2. The monoisotopic (exact) mass is 375 g/mol. The van der Waals surface area contributed by atoms with E-state index in [2.05, 4.69) is 61.0 Å². The van der Waals surface area contributed by atoms with Gasteiger partial charge in [0.05, 0.1) is 11.4 Å². The molecule has 0 aromatic heterocycles. The van der Waals surface area contributed by atoms with Crippen molar-refractivity contribution in [2.45, 2.75) is 25.6 Å². The summed E-state index contributed by atoms with van der Waals surface area (Å²) in [6.07, 6.45) is 0. The van der Waals surface area contributed by atoms with Gasteiger partial charge < -0.3 is 0 Å². The summed E-state index contributed by atoms with van der Waals surface area (Å²) in [4.78, 5) is 14.2. The molecule has 1 aliphatic heterocycles. The molecule has 0 bridgehead atoms. The number of carbonyl (C=O) groups excluding carboxylic acids is 1. The summed E-state index contributed by atoms with van der Waals surface area (Å²) < 4.78 is 1.05. The van der Waals surface area contributed by atoms with Crippen molar-refractivity contribution in [3.05, 3.63) is 63.6 Å². The summed E-state index contributed by atoms with van der Waals surface area (Å²) in [6.45, 7) is 6.28. The fourth-order valence-electron chi connectivity index (χ4n) is 3.04. The van der Waals surface area contributed by atoms with Crippen LogP contribution in [0.1, 0.15) is 23.6 Å². The van der Waals surface area contributed by atoms with E-state index < -0.39 is 0 Å². The average molecular weight is 376 g/mol. The predicted octanol–water partition coefficient (Wildman–Crippen LogP) is 5.02. The van der Waals surface area contributed by atoms with Crippen molar-refractivity contribution >= 4 is 39.3 Å². The van der Waals surface area contributed by atoms with Crippen molar-refractivity contribution in [3.63, 3.8) is 0 Å². The third kappa shape index (κ3) is 2.48. The second-order valence-electron chi connectivity index (χ2n) is 5.75. The molecule has 0 spiro atoms. The fourth-order valence-corrected chi connectivity index (χ4v) is 4.46. The summed E-state index contributed by atoms with van der Waals surface area (Å²) in [5.41, 5.74) is 4.47. The molecule has 1 fully saturated rings. The molecule has 0 N–H and O–H groups in total. The lowest BCUT2D eigenvalue weighted by atomic mass is 10.0. The van der Waals surface area contributed by atoms with Gasteiger partial charge in [-0.05, 0) is 49.6 Å². The molecule has 0 radical (unpaired) electrons. The number of nitrogens with zero attached hydrogens (tertiary/aromatic N) is 1. The SMILES string of the molecule is Cc1cccc(C)c1N1C(=O)CSC1(C)c1ccc(Br)cc1. The van der Waals surface area contributed by atoms with Crippen molar-refractivity contribution < 1.29 is 4.79 Å². The van der Waals surface area contributed by atoms with E-state index in [9.17, 15) is 4.79 Å². The molecule has 114 valence electrons. The van der Waals surface area contributed by atoms with Crippen LogP contribution in [0.2, 0.25) is 0 Å². The Labute approximate surface area is 144 Å². The molecule has 0 aliphatic carbocycles. The molecule has 0 saturated carbocycles. The van der Waals surface area contributed by atoms with Gasteiger partial charge in [0.25, 0.3) is 0 Å². The van der Waals surface area contributed by atoms with Crippen LogP contribution in [0.25, 0.3) is 0 Å². The number of thioether (sulfide) groups is 1. The van der Waals surface area contributed by atoms with Crippen LogP contribution in [0.15, 0.2) is 46.9 Å². The summed E-state index contributed by atoms with van der Waals surface area (Å²) >= 11 is 5.17. The van der Waals surface area contributed by atoms with Gasteiger partial charge in [0, 0.05) is 4.47 Å². The normalized spacial score (nSPS) is 21.5. The highest BCUT2D eigenvalue weighted by atomic mass is 79.9. The second kappa shape index (κ2) is 5.74. The van der Waals surface area contributed by atoms with Crippen molar-refractivity contribution in [2.75, 3.05) is 10.7 Å². The molecule has 1 amide bonds. The lowest BCUT2D eigenvalue weighted by molar-refractivity contribution is -0.116. The van der Waals surface area contributed by atoms with Crippen molar-refractivity contribution in [1.29, 1.82) is 0 Å². The minimum absolute atomic E-state index is 0.174. The number of halogens is 1. The van der Waals surface area contributed by atoms with E-state index in [0.717, 1.165) is 26.9 Å². The quantitative estimate of drug-likeness (QED) is 0.734. The smallest absolute Gasteiger partial charge is 0.238 e. The zero-order valence-corrected chi connectivity index (χ0v) is 15.3. The third-order valence-corrected chi connectivity index (χ3v) is 6.10. The maximum absolute atomic E-state index is 12.6. The Balaban J connectivity index is 2.15. The zero-order chi connectivity index (χ0) is 15.9. The standard InChI is InChI=1S/C18H18BrNOS/c1-12-5-4-6-13(2)17(12)20-16(21)11-22-18(20,3)14-7-9-15(19)10-8-14/h4-10H,11H2,1-3H3. The topological polar surface area (TPSA) is 20.3 Å². The van der Waals surface area contributed by atoms with Crippen LogP contribution in [0, 0.1) is 13.8 Å². The first-order valence-electron chi connectivity index (χ1n) is 7.23. The first kappa shape index (κ1) is 15.6. The molecule has 22 heavy (non-hydrogen) atoms. The predicted molar refractivity (Wildman–Crippen MR) is 97.4 cm³/mol. The second-order valence-corrected chi connectivity index (χ2v) is 8.04. The molecular formula is C18H18BrNOS. The molecule has 1 aliphatic rings. The van der Waals surface area contributed by atoms with Gasteiger partial charge in [-0.25, -0.2) is 0 Å². The summed E-state index contributed by atoms with van der Waals surface area (Å²) in [7, 11) is 0. The first-order chi connectivity index (χ1) is 10.4. The van der Waals surface area contributed by atoms with Crippen LogP contribution in [0.4, 0.5) is 5.69 Å². The molecule has 4 heteroatoms. The van der Waals surface area contributed by atoms with Crippen LogP contribution >= 0.6 is 27.7 Å². The van der Waals surface area contributed by atoms with Crippen LogP contribution < -0.4 is 4.90 Å². The minimum atomic E-state index is -0.366. The van der Waals surface area contributed by atoms with E-state index in [4.69, 9.17) is 0 Å². The summed E-state index contributed by atoms with van der Waals surface area (Å²) in [6, 6.07) is 14.4. The highest BCUT2D eigenvalue weighted by Gasteiger charge is 2.45. The number of anilines is 1. The van der Waals surface area contributed by atoms with E-state index in [1.54, 1.807) is 11.8 Å². The van der Waals surface area contributed by atoms with E-state index >= 15 is 0 Å². The van der Waals surface area contributed by atoms with Gasteiger partial charge in [0.2, 0.25) is 5.91 Å². The Hall–Kier alpha value is -1.26. The lowest BCUT2D eigenvalue weighted by Crippen LogP contribution is -2.41. The van der Waals surface area contributed by atoms with Gasteiger partial charge in [-0.2, -0.15) is 0 Å². The molecule has 2 aromatic carbocycles. The maximum atomic E-state index is 12.6. The van der Waals surface area contributed by atoms with Gasteiger partial charge in [0.15, 0.2) is 0 Å². The lowest BCUT2D eigenvalue weighted by Gasteiger charge is -2.36. The van der Waals surface area contributed by atoms with Crippen LogP contribution in [0.3, 0.4) is 0 Å². The highest BCUT2D eigenvalue weighted by Crippen LogP contribution is 2.48. The van der Waals surface area contributed by atoms with E-state index in [1.165, 1.54) is 0 Å². The Morgan fingerprint density at radius 3 is 2.27 bits per heavy atom. The van der Waals surface area contributed by atoms with E-state index in [0.29, 0.717) is 5.75 Å². The number of para-hydroxylation sites is 1. The number of hydrogen-bond donors (Lipinski definition) is 0. The first-order valence-corrected chi connectivity index (χ1v) is 9.00. The van der Waals surface area contributed by atoms with Gasteiger partial charge >= 0.3 is 0 Å². The van der Waals surface area contributed by atoms with Crippen LogP contribution in [-0.4, -0.2) is 11.7 Å². The van der Waals surface area contributed by atoms with Crippen LogP contribution in [0.5, 0.6) is 0 Å². The van der Waals surface area contributed by atoms with Crippen molar-refractivity contribution in [2.24, 2.45) is 0 Å². The molecule has 1 heterocycles. The molecule has 1 unspecified atom stereocenters. The van der Waals surface area contributed by atoms with Crippen molar-refractivity contribution in [1.82, 2.24) is 0 Å². The van der Waals surface area contributed by atoms with Gasteiger partial charge in [0.1, 0.15) is 4.87 Å². The average Bonchev–Trinajstić information content (AvgIpc) is 2.77. The number of benzene rings is 2. The maximum Gasteiger partial charge on any atom is 0.238 e. The molecular weight excluding hydrogens is 358 g/mol. The molecule has 2 aromatic rings. The van der Waals surface area contributed by atoms with Crippen LogP contribution in [-0.2, 0) is 9.67 Å². The summed E-state index contributed by atoms with van der Waals surface area (Å²) in [5.74, 6) is 0.688. The fraction of sp³-hybridized carbons (Fsp3) is 0.278. The Kier molecular flexibility index (Phi) is 4.08. The molecule has 1 saturated heterocycles. The van der Waals surface area contributed by atoms with E-state index in [-0.39, 0.29) is 10.8 Å². The number of hydrogen-bond acceptors (Lipinski definition) is 2. The molecule has 3 rings (SSSR count). The Morgan fingerprint density at radius 2 is 1.68 bits per heavy atom. The highest BCUT2D eigenvalue weighted by molar-refractivity contribution is 9.10. The third-order valence-electron chi connectivity index (χ3n) is 4.20. The van der Waals surface area contributed by atoms with Gasteiger partial charge in [-0.3, -0.25) is 9.69 Å². The molecule has 1 atom stereocenters. The summed E-state index contributed by atoms with van der Waals surface area (Å²) in [5, 5.41) is 0. The largest absolute Gasteiger partial charge is 0.292 e. The van der Waals surface area contributed by atoms with E-state index in [1.807, 2.05) is 23.1 Å². The number of carbonyl (C=O) groups is 1.